The second kappa shape index (κ2) is 7.07. The van der Waals surface area contributed by atoms with Gasteiger partial charge in [0, 0.05) is 5.69 Å². The first-order valence-corrected chi connectivity index (χ1v) is 7.57. The summed E-state index contributed by atoms with van der Waals surface area (Å²) in [5, 5.41) is 3.02. The Morgan fingerprint density at radius 3 is 2.10 bits per heavy atom. The van der Waals surface area contributed by atoms with Crippen LogP contribution in [0.4, 0.5) is 5.69 Å². The zero-order valence-electron chi connectivity index (χ0n) is 13.0. The smallest absolute Gasteiger partial charge is 0.231 e. The predicted molar refractivity (Wildman–Crippen MR) is 88.6 cm³/mol. The summed E-state index contributed by atoms with van der Waals surface area (Å²) in [4.78, 5) is 12.5. The van der Waals surface area contributed by atoms with E-state index < -0.39 is 0 Å². The Kier molecular flexibility index (Phi) is 5.15. The minimum absolute atomic E-state index is 0.0565. The van der Waals surface area contributed by atoms with E-state index in [4.69, 9.17) is 0 Å². The van der Waals surface area contributed by atoms with E-state index in [1.165, 1.54) is 5.56 Å². The molecule has 0 spiro atoms. The Balaban J connectivity index is 2.09. The number of hydrogen-bond donors (Lipinski definition) is 1. The van der Waals surface area contributed by atoms with Crippen molar-refractivity contribution in [1.82, 2.24) is 0 Å². The number of rotatable bonds is 5. The summed E-state index contributed by atoms with van der Waals surface area (Å²) in [6, 6.07) is 18.0. The third kappa shape index (κ3) is 3.94. The molecule has 1 amide bonds. The van der Waals surface area contributed by atoms with Crippen LogP contribution in [0, 0.1) is 0 Å². The molecule has 0 aliphatic carbocycles. The van der Waals surface area contributed by atoms with Crippen LogP contribution >= 0.6 is 0 Å². The topological polar surface area (TPSA) is 29.1 Å². The van der Waals surface area contributed by atoms with Crippen LogP contribution in [0.5, 0.6) is 0 Å². The van der Waals surface area contributed by atoms with Crippen LogP contribution in [0.1, 0.15) is 50.2 Å². The van der Waals surface area contributed by atoms with Gasteiger partial charge < -0.3 is 5.32 Å². The summed E-state index contributed by atoms with van der Waals surface area (Å²) in [7, 11) is 0. The van der Waals surface area contributed by atoms with E-state index in [0.29, 0.717) is 5.92 Å². The number of amides is 1. The molecule has 0 saturated heterocycles. The molecule has 2 aromatic rings. The van der Waals surface area contributed by atoms with Crippen molar-refractivity contribution in [2.75, 3.05) is 5.32 Å². The van der Waals surface area contributed by atoms with Crippen LogP contribution < -0.4 is 5.32 Å². The first kappa shape index (κ1) is 15.3. The summed E-state index contributed by atoms with van der Waals surface area (Å²) in [5.74, 6) is 0.458. The van der Waals surface area contributed by atoms with Gasteiger partial charge in [0.25, 0.3) is 0 Å². The first-order chi connectivity index (χ1) is 10.1. The van der Waals surface area contributed by atoms with Crippen molar-refractivity contribution in [3.8, 4) is 0 Å². The zero-order valence-corrected chi connectivity index (χ0v) is 13.0. The summed E-state index contributed by atoms with van der Waals surface area (Å²) >= 11 is 0. The van der Waals surface area contributed by atoms with Gasteiger partial charge in [0.05, 0.1) is 5.92 Å². The second-order valence-electron chi connectivity index (χ2n) is 5.64. The molecule has 2 aromatic carbocycles. The van der Waals surface area contributed by atoms with Crippen molar-refractivity contribution in [3.63, 3.8) is 0 Å². The summed E-state index contributed by atoms with van der Waals surface area (Å²) in [5.41, 5.74) is 3.21. The molecule has 2 nitrogen and oxygen atoms in total. The third-order valence-corrected chi connectivity index (χ3v) is 3.77. The Morgan fingerprint density at radius 2 is 1.57 bits per heavy atom. The number of benzene rings is 2. The molecular formula is C19H23NO. The number of carbonyl (C=O) groups is 1. The van der Waals surface area contributed by atoms with E-state index in [-0.39, 0.29) is 11.8 Å². The van der Waals surface area contributed by atoms with Gasteiger partial charge in [0.2, 0.25) is 5.91 Å². The van der Waals surface area contributed by atoms with Crippen LogP contribution in [0.15, 0.2) is 54.6 Å². The normalized spacial score (nSPS) is 12.2. The third-order valence-electron chi connectivity index (χ3n) is 3.77. The highest BCUT2D eigenvalue weighted by atomic mass is 16.1. The minimum Gasteiger partial charge on any atom is -0.326 e. The van der Waals surface area contributed by atoms with Crippen molar-refractivity contribution in [2.24, 2.45) is 0 Å². The SMILES string of the molecule is CC[C@H](C(=O)Nc1ccc(C(C)C)cc1)c1ccccc1. The fraction of sp³-hybridized carbons (Fsp3) is 0.316. The van der Waals surface area contributed by atoms with E-state index in [1.54, 1.807) is 0 Å². The average molecular weight is 281 g/mol. The Bertz CT molecular complexity index is 572. The van der Waals surface area contributed by atoms with Gasteiger partial charge in [-0.3, -0.25) is 4.79 Å². The molecule has 2 rings (SSSR count). The van der Waals surface area contributed by atoms with E-state index in [2.05, 4.69) is 31.3 Å². The van der Waals surface area contributed by atoms with Crippen LogP contribution in [0.3, 0.4) is 0 Å². The standard InChI is InChI=1S/C19H23NO/c1-4-18(16-8-6-5-7-9-16)19(21)20-17-12-10-15(11-13-17)14(2)3/h5-14,18H,4H2,1-3H3,(H,20,21)/t18-/m0/s1. The maximum Gasteiger partial charge on any atom is 0.231 e. The molecule has 0 aliphatic rings. The molecule has 1 N–H and O–H groups in total. The number of nitrogens with one attached hydrogen (secondary N) is 1. The fourth-order valence-corrected chi connectivity index (χ4v) is 2.44. The lowest BCUT2D eigenvalue weighted by Gasteiger charge is -2.16. The number of carbonyl (C=O) groups excluding carboxylic acids is 1. The summed E-state index contributed by atoms with van der Waals surface area (Å²) in [6.45, 7) is 6.37. The molecule has 21 heavy (non-hydrogen) atoms. The number of anilines is 1. The molecule has 0 aliphatic heterocycles. The van der Waals surface area contributed by atoms with Crippen molar-refractivity contribution in [3.05, 3.63) is 65.7 Å². The molecule has 0 unspecified atom stereocenters. The van der Waals surface area contributed by atoms with Gasteiger partial charge in [0.15, 0.2) is 0 Å². The van der Waals surface area contributed by atoms with E-state index in [1.807, 2.05) is 49.4 Å². The second-order valence-corrected chi connectivity index (χ2v) is 5.64. The van der Waals surface area contributed by atoms with Crippen molar-refractivity contribution in [2.45, 2.75) is 39.0 Å². The number of hydrogen-bond acceptors (Lipinski definition) is 1. The summed E-state index contributed by atoms with van der Waals surface area (Å²) in [6.07, 6.45) is 0.792. The van der Waals surface area contributed by atoms with Gasteiger partial charge in [-0.2, -0.15) is 0 Å². The lowest BCUT2D eigenvalue weighted by molar-refractivity contribution is -0.117. The Hall–Kier alpha value is -2.09. The van der Waals surface area contributed by atoms with E-state index in [0.717, 1.165) is 17.7 Å². The van der Waals surface area contributed by atoms with Gasteiger partial charge >= 0.3 is 0 Å². The largest absolute Gasteiger partial charge is 0.326 e. The average Bonchev–Trinajstić information content (AvgIpc) is 2.49. The van der Waals surface area contributed by atoms with Crippen LogP contribution in [0.25, 0.3) is 0 Å². The van der Waals surface area contributed by atoms with Gasteiger partial charge in [-0.1, -0.05) is 63.2 Å². The highest BCUT2D eigenvalue weighted by Crippen LogP contribution is 2.22. The summed E-state index contributed by atoms with van der Waals surface area (Å²) < 4.78 is 0. The van der Waals surface area contributed by atoms with Gasteiger partial charge in [-0.25, -0.2) is 0 Å². The van der Waals surface area contributed by atoms with Crippen LogP contribution in [-0.2, 0) is 4.79 Å². The quantitative estimate of drug-likeness (QED) is 0.826. The molecule has 0 saturated carbocycles. The molecule has 0 bridgehead atoms. The molecule has 1 atom stereocenters. The van der Waals surface area contributed by atoms with Crippen LogP contribution in [-0.4, -0.2) is 5.91 Å². The minimum atomic E-state index is -0.101. The molecule has 0 heterocycles. The molecule has 0 radical (unpaired) electrons. The maximum absolute atomic E-state index is 12.5. The van der Waals surface area contributed by atoms with Crippen LogP contribution in [0.2, 0.25) is 0 Å². The van der Waals surface area contributed by atoms with E-state index >= 15 is 0 Å². The highest BCUT2D eigenvalue weighted by molar-refractivity contribution is 5.95. The first-order valence-electron chi connectivity index (χ1n) is 7.57. The maximum atomic E-state index is 12.5. The zero-order chi connectivity index (χ0) is 15.2. The van der Waals surface area contributed by atoms with E-state index in [9.17, 15) is 4.79 Å². The van der Waals surface area contributed by atoms with Gasteiger partial charge in [-0.05, 0) is 35.6 Å². The molecule has 110 valence electrons. The van der Waals surface area contributed by atoms with Gasteiger partial charge in [0.1, 0.15) is 0 Å². The monoisotopic (exact) mass is 281 g/mol. The molecule has 2 heteroatoms. The Labute approximate surface area is 127 Å². The van der Waals surface area contributed by atoms with Crippen molar-refractivity contribution < 1.29 is 4.79 Å². The molecule has 0 aromatic heterocycles. The lowest BCUT2D eigenvalue weighted by Crippen LogP contribution is -2.20. The fourth-order valence-electron chi connectivity index (χ4n) is 2.44. The molecular weight excluding hydrogens is 258 g/mol. The lowest BCUT2D eigenvalue weighted by atomic mass is 9.95. The van der Waals surface area contributed by atoms with Crippen molar-refractivity contribution >= 4 is 11.6 Å². The van der Waals surface area contributed by atoms with Crippen molar-refractivity contribution in [1.29, 1.82) is 0 Å². The Morgan fingerprint density at radius 1 is 0.952 bits per heavy atom. The highest BCUT2D eigenvalue weighted by Gasteiger charge is 2.18. The van der Waals surface area contributed by atoms with Gasteiger partial charge in [-0.15, -0.1) is 0 Å². The predicted octanol–water partition coefficient (Wildman–Crippen LogP) is 4.94. The molecule has 0 fully saturated rings.